The largest absolute Gasteiger partial charge is 0.396 e. The first-order chi connectivity index (χ1) is 8.36. The molecule has 0 aliphatic heterocycles. The average Bonchev–Trinajstić information content (AvgIpc) is 2.27. The zero-order valence-corrected chi connectivity index (χ0v) is 12.1. The Morgan fingerprint density at radius 3 is 2.67 bits per heavy atom. The molecule has 0 heterocycles. The number of primary sulfonamides is 1. The summed E-state index contributed by atoms with van der Waals surface area (Å²) < 4.78 is 22.7. The van der Waals surface area contributed by atoms with E-state index in [4.69, 9.17) is 10.9 Å². The highest BCUT2D eigenvalue weighted by Crippen LogP contribution is 2.26. The summed E-state index contributed by atoms with van der Waals surface area (Å²) in [6.07, 6.45) is 3.02. The van der Waals surface area contributed by atoms with Crippen molar-refractivity contribution in [3.63, 3.8) is 0 Å². The van der Waals surface area contributed by atoms with Crippen LogP contribution in [-0.2, 0) is 10.0 Å². The van der Waals surface area contributed by atoms with Gasteiger partial charge in [0.2, 0.25) is 10.0 Å². The Hall–Kier alpha value is -0.920. The average molecular weight is 289 g/mol. The smallest absolute Gasteiger partial charge is 0.240 e. The lowest BCUT2D eigenvalue weighted by atomic mass is 10.2. The van der Waals surface area contributed by atoms with Crippen LogP contribution in [-0.4, -0.2) is 26.5 Å². The number of nitrogen functional groups attached to an aromatic ring is 1. The third-order valence-electron chi connectivity index (χ3n) is 2.53. The van der Waals surface area contributed by atoms with Crippen LogP contribution in [0, 0.1) is 0 Å². The lowest BCUT2D eigenvalue weighted by molar-refractivity contribution is 0.598. The van der Waals surface area contributed by atoms with Gasteiger partial charge in [0, 0.05) is 6.04 Å². The van der Waals surface area contributed by atoms with E-state index in [1.165, 1.54) is 6.07 Å². The molecular weight excluding hydrogens is 270 g/mol. The topological polar surface area (TPSA) is 98.2 Å². The summed E-state index contributed by atoms with van der Waals surface area (Å²) in [6, 6.07) is 5.00. The van der Waals surface area contributed by atoms with Crippen molar-refractivity contribution in [2.75, 3.05) is 23.1 Å². The van der Waals surface area contributed by atoms with Crippen LogP contribution in [0.1, 0.15) is 13.3 Å². The molecule has 0 saturated heterocycles. The highest BCUT2D eigenvalue weighted by molar-refractivity contribution is 7.98. The number of nitrogens with two attached hydrogens (primary N) is 2. The van der Waals surface area contributed by atoms with Crippen molar-refractivity contribution in [3.8, 4) is 0 Å². The zero-order valence-electron chi connectivity index (χ0n) is 10.5. The summed E-state index contributed by atoms with van der Waals surface area (Å²) in [6.45, 7) is 2.03. The SMILES string of the molecule is CSCCC(C)Nc1cccc(S(N)(=O)=O)c1N. The van der Waals surface area contributed by atoms with Crippen molar-refractivity contribution in [1.82, 2.24) is 0 Å². The summed E-state index contributed by atoms with van der Waals surface area (Å²) in [5.41, 5.74) is 6.60. The molecule has 0 amide bonds. The van der Waals surface area contributed by atoms with Crippen molar-refractivity contribution in [1.29, 1.82) is 0 Å². The Labute approximate surface area is 112 Å². The number of nitrogens with one attached hydrogen (secondary N) is 1. The third-order valence-corrected chi connectivity index (χ3v) is 4.14. The monoisotopic (exact) mass is 289 g/mol. The Morgan fingerprint density at radius 1 is 1.44 bits per heavy atom. The molecule has 1 rings (SSSR count). The molecule has 0 spiro atoms. The predicted molar refractivity (Wildman–Crippen MR) is 78.3 cm³/mol. The van der Waals surface area contributed by atoms with Crippen molar-refractivity contribution >= 4 is 33.2 Å². The van der Waals surface area contributed by atoms with Gasteiger partial charge in [0.1, 0.15) is 4.90 Å². The van der Waals surface area contributed by atoms with Gasteiger partial charge in [0.25, 0.3) is 0 Å². The molecule has 1 aromatic rings. The maximum Gasteiger partial charge on any atom is 0.240 e. The predicted octanol–water partition coefficient (Wildman–Crippen LogP) is 1.47. The first-order valence-corrected chi connectivity index (χ1v) is 8.47. The van der Waals surface area contributed by atoms with Gasteiger partial charge in [-0.05, 0) is 37.5 Å². The molecule has 0 aromatic heterocycles. The van der Waals surface area contributed by atoms with Gasteiger partial charge in [-0.15, -0.1) is 0 Å². The van der Waals surface area contributed by atoms with Gasteiger partial charge in [0.15, 0.2) is 0 Å². The Kier molecular flexibility index (Phi) is 5.30. The molecule has 0 saturated carbocycles. The van der Waals surface area contributed by atoms with Gasteiger partial charge in [-0.25, -0.2) is 13.6 Å². The molecular formula is C11H19N3O2S2. The van der Waals surface area contributed by atoms with Crippen molar-refractivity contribution < 1.29 is 8.42 Å². The van der Waals surface area contributed by atoms with E-state index in [2.05, 4.69) is 5.32 Å². The minimum absolute atomic E-state index is 0.0374. The number of para-hydroxylation sites is 1. The molecule has 5 nitrogen and oxygen atoms in total. The molecule has 0 fully saturated rings. The van der Waals surface area contributed by atoms with E-state index >= 15 is 0 Å². The van der Waals surface area contributed by atoms with Crippen LogP contribution in [0.5, 0.6) is 0 Å². The molecule has 0 aliphatic carbocycles. The highest BCUT2D eigenvalue weighted by atomic mass is 32.2. The molecule has 18 heavy (non-hydrogen) atoms. The third kappa shape index (κ3) is 4.08. The van der Waals surface area contributed by atoms with Gasteiger partial charge in [-0.3, -0.25) is 0 Å². The van der Waals surface area contributed by atoms with Crippen LogP contribution in [0.4, 0.5) is 11.4 Å². The van der Waals surface area contributed by atoms with E-state index < -0.39 is 10.0 Å². The number of sulfonamides is 1. The molecule has 102 valence electrons. The van der Waals surface area contributed by atoms with Crippen molar-refractivity contribution in [3.05, 3.63) is 18.2 Å². The molecule has 1 atom stereocenters. The van der Waals surface area contributed by atoms with Crippen LogP contribution in [0.15, 0.2) is 23.1 Å². The van der Waals surface area contributed by atoms with Gasteiger partial charge < -0.3 is 11.1 Å². The molecule has 0 aliphatic rings. The Balaban J connectivity index is 2.91. The van der Waals surface area contributed by atoms with Crippen LogP contribution < -0.4 is 16.2 Å². The summed E-state index contributed by atoms with van der Waals surface area (Å²) in [7, 11) is -3.78. The zero-order chi connectivity index (χ0) is 13.8. The summed E-state index contributed by atoms with van der Waals surface area (Å²) in [5.74, 6) is 1.03. The summed E-state index contributed by atoms with van der Waals surface area (Å²) in [4.78, 5) is -0.0374. The fourth-order valence-electron chi connectivity index (χ4n) is 1.55. The van der Waals surface area contributed by atoms with E-state index in [-0.39, 0.29) is 16.6 Å². The molecule has 0 radical (unpaired) electrons. The molecule has 5 N–H and O–H groups in total. The second-order valence-electron chi connectivity index (χ2n) is 4.09. The van der Waals surface area contributed by atoms with E-state index in [0.717, 1.165) is 12.2 Å². The number of anilines is 2. The molecule has 1 aromatic carbocycles. The Bertz CT molecular complexity index is 503. The molecule has 1 unspecified atom stereocenters. The standard InChI is InChI=1S/C11H19N3O2S2/c1-8(6-7-17-2)14-9-4-3-5-10(11(9)12)18(13,15)16/h3-5,8,14H,6-7,12H2,1-2H3,(H2,13,15,16). The van der Waals surface area contributed by atoms with Crippen LogP contribution in [0.2, 0.25) is 0 Å². The quantitative estimate of drug-likeness (QED) is 0.689. The normalized spacial score (nSPS) is 13.3. The molecule has 7 heteroatoms. The number of rotatable bonds is 6. The lowest BCUT2D eigenvalue weighted by Crippen LogP contribution is -2.19. The number of benzene rings is 1. The van der Waals surface area contributed by atoms with Gasteiger partial charge in [0.05, 0.1) is 11.4 Å². The van der Waals surface area contributed by atoms with Gasteiger partial charge in [-0.2, -0.15) is 11.8 Å². The Morgan fingerprint density at radius 2 is 2.11 bits per heavy atom. The van der Waals surface area contributed by atoms with Crippen molar-refractivity contribution in [2.24, 2.45) is 5.14 Å². The maximum atomic E-state index is 11.3. The highest BCUT2D eigenvalue weighted by Gasteiger charge is 2.15. The first kappa shape index (κ1) is 15.1. The first-order valence-electron chi connectivity index (χ1n) is 5.53. The number of thioether (sulfide) groups is 1. The van der Waals surface area contributed by atoms with Crippen molar-refractivity contribution in [2.45, 2.75) is 24.3 Å². The fraction of sp³-hybridized carbons (Fsp3) is 0.455. The minimum Gasteiger partial charge on any atom is -0.396 e. The summed E-state index contributed by atoms with van der Waals surface area (Å²) >= 11 is 1.76. The molecule has 0 bridgehead atoms. The summed E-state index contributed by atoms with van der Waals surface area (Å²) in [5, 5.41) is 8.30. The van der Waals surface area contributed by atoms with Gasteiger partial charge in [-0.1, -0.05) is 6.07 Å². The fourth-order valence-corrected chi connectivity index (χ4v) is 2.82. The number of hydrogen-bond donors (Lipinski definition) is 3. The minimum atomic E-state index is -3.78. The van der Waals surface area contributed by atoms with Crippen LogP contribution in [0.25, 0.3) is 0 Å². The van der Waals surface area contributed by atoms with E-state index in [0.29, 0.717) is 5.69 Å². The second-order valence-corrected chi connectivity index (χ2v) is 6.60. The van der Waals surface area contributed by atoms with Gasteiger partial charge >= 0.3 is 0 Å². The number of hydrogen-bond acceptors (Lipinski definition) is 5. The van der Waals surface area contributed by atoms with Crippen LogP contribution >= 0.6 is 11.8 Å². The lowest BCUT2D eigenvalue weighted by Gasteiger charge is -2.17. The van der Waals surface area contributed by atoms with E-state index in [1.54, 1.807) is 23.9 Å². The second kappa shape index (κ2) is 6.31. The van der Waals surface area contributed by atoms with E-state index in [1.807, 2.05) is 13.2 Å². The van der Waals surface area contributed by atoms with E-state index in [9.17, 15) is 8.42 Å². The van der Waals surface area contributed by atoms with Crippen LogP contribution in [0.3, 0.4) is 0 Å². The maximum absolute atomic E-state index is 11.3.